The third-order valence-electron chi connectivity index (χ3n) is 14.3. The summed E-state index contributed by atoms with van der Waals surface area (Å²) in [5, 5.41) is 19.6. The van der Waals surface area contributed by atoms with E-state index >= 15 is 0 Å². The molecule has 0 bridgehead atoms. The number of ether oxygens (including phenoxy) is 1. The summed E-state index contributed by atoms with van der Waals surface area (Å²) < 4.78 is 4.96. The first-order chi connectivity index (χ1) is 37.8. The Morgan fingerprint density at radius 3 is 2.10 bits per heavy atom. The van der Waals surface area contributed by atoms with Crippen LogP contribution in [0.1, 0.15) is 109 Å². The molecule has 25 heteroatoms. The zero-order chi connectivity index (χ0) is 57.5. The molecule has 23 nitrogen and oxygen atoms in total. The minimum absolute atomic E-state index is 0.00101. The molecule has 8 atom stereocenters. The number of benzene rings is 2. The highest BCUT2D eigenvalue weighted by atomic mass is 33.1. The molecule has 3 fully saturated rings. The quantitative estimate of drug-likeness (QED) is 0.0368. The number of carbonyl (C=O) groups is 9. The molecule has 1 saturated carbocycles. The molecule has 79 heavy (non-hydrogen) atoms. The van der Waals surface area contributed by atoms with Gasteiger partial charge in [-0.1, -0.05) is 104 Å². The van der Waals surface area contributed by atoms with Crippen molar-refractivity contribution in [1.29, 1.82) is 0 Å². The van der Waals surface area contributed by atoms with E-state index in [9.17, 15) is 43.2 Å². The molecule has 3 unspecified atom stereocenters. The molecular formula is C54H81N13O10S2. The van der Waals surface area contributed by atoms with E-state index in [4.69, 9.17) is 27.7 Å². The summed E-state index contributed by atoms with van der Waals surface area (Å²) in [6.07, 6.45) is 4.59. The third-order valence-corrected chi connectivity index (χ3v) is 17.6. The van der Waals surface area contributed by atoms with Crippen molar-refractivity contribution in [1.82, 2.24) is 42.1 Å². The number of primary amides is 1. The van der Waals surface area contributed by atoms with Crippen molar-refractivity contribution in [3.8, 4) is 5.75 Å². The monoisotopic (exact) mass is 1140 g/mol. The molecule has 15 N–H and O–H groups in total. The lowest BCUT2D eigenvalue weighted by Crippen LogP contribution is -2.62. The van der Waals surface area contributed by atoms with Crippen LogP contribution in [0.5, 0.6) is 5.75 Å². The van der Waals surface area contributed by atoms with Crippen molar-refractivity contribution in [2.45, 2.75) is 158 Å². The van der Waals surface area contributed by atoms with Gasteiger partial charge in [-0.15, -0.1) is 0 Å². The minimum Gasteiger partial charge on any atom is -0.494 e. The smallest absolute Gasteiger partial charge is 0.246 e. The molecule has 1 spiro atoms. The normalized spacial score (nSPS) is 23.3. The Labute approximate surface area is 470 Å². The molecule has 1 aliphatic carbocycles. The number of hydrogen-bond acceptors (Lipinski definition) is 14. The van der Waals surface area contributed by atoms with E-state index < -0.39 is 113 Å². The summed E-state index contributed by atoms with van der Waals surface area (Å²) in [7, 11) is 2.65. The maximum atomic E-state index is 15.0. The topological polar surface area (TPSA) is 367 Å². The highest BCUT2D eigenvalue weighted by Crippen LogP contribution is 2.48. The van der Waals surface area contributed by atoms with Gasteiger partial charge < -0.3 is 69.8 Å². The third kappa shape index (κ3) is 19.9. The summed E-state index contributed by atoms with van der Waals surface area (Å²) in [5.41, 5.74) is 23.7. The van der Waals surface area contributed by atoms with Gasteiger partial charge in [0.2, 0.25) is 53.2 Å². The van der Waals surface area contributed by atoms with Gasteiger partial charge in [0.25, 0.3) is 0 Å². The van der Waals surface area contributed by atoms with Gasteiger partial charge in [-0.25, -0.2) is 0 Å². The number of rotatable bonds is 20. The molecule has 2 heterocycles. The van der Waals surface area contributed by atoms with Gasteiger partial charge in [0.1, 0.15) is 48.0 Å². The van der Waals surface area contributed by atoms with E-state index in [-0.39, 0.29) is 70.0 Å². The number of hydrogen-bond donors (Lipinski definition) is 11. The second-order valence-corrected chi connectivity index (χ2v) is 23.2. The molecule has 2 aromatic carbocycles. The second-order valence-electron chi connectivity index (χ2n) is 20.4. The fraction of sp³-hybridized carbons (Fsp3) is 0.593. The van der Waals surface area contributed by atoms with Gasteiger partial charge in [0.05, 0.1) is 13.0 Å². The number of aliphatic imine (C=N–C) groups is 1. The van der Waals surface area contributed by atoms with Crippen molar-refractivity contribution >= 4 is 80.7 Å². The minimum atomic E-state index is -1.63. The predicted molar refractivity (Wildman–Crippen MR) is 304 cm³/mol. The average molecular weight is 1140 g/mol. The van der Waals surface area contributed by atoms with Crippen LogP contribution in [0.3, 0.4) is 0 Å². The largest absolute Gasteiger partial charge is 0.494 e. The van der Waals surface area contributed by atoms with E-state index in [1.807, 2.05) is 13.0 Å². The van der Waals surface area contributed by atoms with Gasteiger partial charge in [-0.2, -0.15) is 0 Å². The van der Waals surface area contributed by atoms with Crippen LogP contribution >= 0.6 is 21.6 Å². The number of carbonyl (C=O) groups excluding carboxylic acids is 9. The van der Waals surface area contributed by atoms with Crippen molar-refractivity contribution in [2.75, 3.05) is 38.5 Å². The number of nitrogens with two attached hydrogens (primary N) is 4. The molecule has 0 aromatic heterocycles. The Kier molecular flexibility index (Phi) is 25.5. The van der Waals surface area contributed by atoms with Gasteiger partial charge in [-0.05, 0) is 74.6 Å². The van der Waals surface area contributed by atoms with Crippen LogP contribution in [-0.4, -0.2) is 150 Å². The fourth-order valence-corrected chi connectivity index (χ4v) is 13.2. The lowest BCUT2D eigenvalue weighted by atomic mass is 9.85. The summed E-state index contributed by atoms with van der Waals surface area (Å²) >= 11 is 0. The first kappa shape index (κ1) is 63.2. The lowest BCUT2D eigenvalue weighted by Gasteiger charge is -2.37. The Morgan fingerprint density at radius 2 is 1.46 bits per heavy atom. The van der Waals surface area contributed by atoms with Crippen LogP contribution in [0.2, 0.25) is 0 Å². The van der Waals surface area contributed by atoms with Crippen LogP contribution in [0.15, 0.2) is 59.6 Å². The summed E-state index contributed by atoms with van der Waals surface area (Å²) in [6, 6.07) is 7.31. The number of guanidine groups is 1. The highest BCUT2D eigenvalue weighted by molar-refractivity contribution is 8.77. The van der Waals surface area contributed by atoms with Gasteiger partial charge in [0, 0.05) is 55.9 Å². The number of nitrogens with zero attached hydrogens (tertiary/aromatic N) is 2. The van der Waals surface area contributed by atoms with Crippen LogP contribution in [0.4, 0.5) is 0 Å². The molecule has 5 rings (SSSR count). The van der Waals surface area contributed by atoms with E-state index in [0.29, 0.717) is 55.6 Å². The molecule has 2 saturated heterocycles. The summed E-state index contributed by atoms with van der Waals surface area (Å²) in [5.74, 6) is -6.40. The zero-order valence-corrected chi connectivity index (χ0v) is 47.2. The fourth-order valence-electron chi connectivity index (χ4n) is 9.85. The molecule has 434 valence electrons. The summed E-state index contributed by atoms with van der Waals surface area (Å²) in [4.78, 5) is 133. The average Bonchev–Trinajstić information content (AvgIpc) is 3.98. The van der Waals surface area contributed by atoms with E-state index in [2.05, 4.69) is 42.2 Å². The molecule has 9 amide bonds. The first-order valence-corrected chi connectivity index (χ1v) is 29.7. The van der Waals surface area contributed by atoms with Crippen molar-refractivity contribution in [3.63, 3.8) is 0 Å². The van der Waals surface area contributed by atoms with Crippen molar-refractivity contribution in [3.05, 3.63) is 65.7 Å². The highest BCUT2D eigenvalue weighted by Gasteiger charge is 2.42. The van der Waals surface area contributed by atoms with Crippen molar-refractivity contribution < 1.29 is 47.9 Å². The van der Waals surface area contributed by atoms with Crippen LogP contribution in [0.25, 0.3) is 0 Å². The van der Waals surface area contributed by atoms with Crippen LogP contribution in [-0.2, 0) is 56.0 Å². The SMILES string of the molecule is CCOc1ccc(CC2NC(=O)CC3(CCCCC3)SSCC(C(=O)N3CCC[C@H]3C(=O)N[C@@H](CCCN=C(N)N)C(=O)NCCN)NC(=O)[C@H](CC(N)=O)NC(=O)[C@H]([C@@H](C)CC)NC(=O)C(Cc3ccccc3)NC2=O)cc1. The zero-order valence-electron chi connectivity index (χ0n) is 45.6. The molecule has 0 radical (unpaired) electrons. The lowest BCUT2D eigenvalue weighted by molar-refractivity contribution is -0.142. The van der Waals surface area contributed by atoms with Crippen molar-refractivity contribution in [2.24, 2.45) is 33.8 Å². The Balaban J connectivity index is 1.53. The Bertz CT molecular complexity index is 2430. The van der Waals surface area contributed by atoms with E-state index in [0.717, 1.165) is 19.3 Å². The molecule has 2 aromatic rings. The van der Waals surface area contributed by atoms with Gasteiger partial charge in [0.15, 0.2) is 5.96 Å². The first-order valence-electron chi connectivity index (χ1n) is 27.3. The standard InChI is InChI=1S/C54H81N13O10S2/c1-4-33(3)45-51(75)64-40(30-43(56)68)48(72)65-41(52(76)67-27-13-17-42(67)50(74)62-37(46(70)59-26-24-55)16-12-25-60-53(57)58)32-78-79-54(22-10-7-11-23-54)31-44(69)61-38(29-35-18-20-36(21-19-35)77-5-2)47(71)63-39(49(73)66-45)28-34-14-8-6-9-15-34/h6,8-9,14-15,18-21,33,37-42,45H,4-5,7,10-13,16-17,22-32,55H2,1-3H3,(H2,56,68)(H,59,70)(H,61,69)(H,62,74)(H,63,71)(H,64,75)(H,65,72)(H,66,73)(H4,57,58,60)/t33-,37-,38?,39?,40-,41?,42-,45-/m0/s1. The van der Waals surface area contributed by atoms with E-state index in [1.165, 1.54) is 26.5 Å². The Hall–Kier alpha value is -6.60. The number of likely N-dealkylation sites (tertiary alicyclic amines) is 1. The predicted octanol–water partition coefficient (Wildman–Crippen LogP) is 0.308. The van der Waals surface area contributed by atoms with E-state index in [1.54, 1.807) is 62.4 Å². The number of amides is 9. The molecule has 2 aliphatic heterocycles. The maximum Gasteiger partial charge on any atom is 0.246 e. The summed E-state index contributed by atoms with van der Waals surface area (Å²) in [6.45, 7) is 6.45. The second kappa shape index (κ2) is 31.9. The maximum absolute atomic E-state index is 15.0. The van der Waals surface area contributed by atoms with Crippen LogP contribution < -0.4 is 64.9 Å². The van der Waals surface area contributed by atoms with Crippen LogP contribution in [0, 0.1) is 5.92 Å². The molecular weight excluding hydrogens is 1050 g/mol. The Morgan fingerprint density at radius 1 is 0.810 bits per heavy atom. The number of nitrogens with one attached hydrogen (secondary N) is 7. The van der Waals surface area contributed by atoms with Gasteiger partial charge >= 0.3 is 0 Å². The molecule has 3 aliphatic rings. The van der Waals surface area contributed by atoms with Gasteiger partial charge in [-0.3, -0.25) is 48.1 Å².